The molecule has 2 N–H and O–H groups in total. The highest BCUT2D eigenvalue weighted by Gasteiger charge is 2.29. The van der Waals surface area contributed by atoms with E-state index in [0.717, 1.165) is 5.56 Å². The maximum absolute atomic E-state index is 13.0. The lowest BCUT2D eigenvalue weighted by Crippen LogP contribution is -2.50. The Labute approximate surface area is 203 Å². The van der Waals surface area contributed by atoms with Crippen LogP contribution < -0.4 is 10.1 Å². The summed E-state index contributed by atoms with van der Waals surface area (Å²) in [6, 6.07) is 13.3. The van der Waals surface area contributed by atoms with E-state index in [-0.39, 0.29) is 17.4 Å². The second-order valence-corrected chi connectivity index (χ2v) is 10.1. The van der Waals surface area contributed by atoms with Gasteiger partial charge in [-0.25, -0.2) is 8.42 Å². The van der Waals surface area contributed by atoms with Gasteiger partial charge in [-0.3, -0.25) is 9.69 Å². The van der Waals surface area contributed by atoms with Crippen molar-refractivity contribution in [1.82, 2.24) is 19.4 Å². The number of aliphatic hydroxyl groups is 1. The van der Waals surface area contributed by atoms with E-state index in [4.69, 9.17) is 9.15 Å². The Balaban J connectivity index is 1.25. The number of benzene rings is 2. The number of hydrogen-bond acceptors (Lipinski definition) is 9. The zero-order valence-corrected chi connectivity index (χ0v) is 20.0. The van der Waals surface area contributed by atoms with Crippen LogP contribution in [0.5, 0.6) is 5.75 Å². The monoisotopic (exact) mass is 501 g/mol. The molecule has 11 nitrogen and oxygen atoms in total. The third kappa shape index (κ3) is 6.42. The predicted octanol–water partition coefficient (Wildman–Crippen LogP) is 1.44. The van der Waals surface area contributed by atoms with E-state index >= 15 is 0 Å². The number of piperazine rings is 1. The standard InChI is InChI=1S/C23H27N5O6S/c1-17(29)25-19-5-7-22(8-6-19)35(31,32)28-11-9-27(10-12-28)14-20(30)15-33-21-4-2-3-18(13-21)23-26-24-16-34-23/h2-8,13,16,20,30H,9-12,14-15H2,1H3,(H,25,29). The molecule has 1 saturated heterocycles. The number of aliphatic hydroxyl groups excluding tert-OH is 1. The molecule has 12 heteroatoms. The minimum absolute atomic E-state index is 0.0897. The van der Waals surface area contributed by atoms with Gasteiger partial charge < -0.3 is 19.6 Å². The van der Waals surface area contributed by atoms with Crippen LogP contribution >= 0.6 is 0 Å². The number of carbonyl (C=O) groups excluding carboxylic acids is 1. The molecule has 0 bridgehead atoms. The van der Waals surface area contributed by atoms with Crippen LogP contribution in [0.2, 0.25) is 0 Å². The van der Waals surface area contributed by atoms with E-state index in [0.29, 0.717) is 50.1 Å². The van der Waals surface area contributed by atoms with Crippen LogP contribution in [0.4, 0.5) is 5.69 Å². The maximum Gasteiger partial charge on any atom is 0.247 e. The van der Waals surface area contributed by atoms with Gasteiger partial charge >= 0.3 is 0 Å². The Morgan fingerprint density at radius 2 is 1.91 bits per heavy atom. The van der Waals surface area contributed by atoms with Gasteiger partial charge in [0.1, 0.15) is 18.5 Å². The summed E-state index contributed by atoms with van der Waals surface area (Å²) >= 11 is 0. The predicted molar refractivity (Wildman–Crippen MR) is 127 cm³/mol. The first-order chi connectivity index (χ1) is 16.8. The zero-order valence-electron chi connectivity index (χ0n) is 19.2. The second-order valence-electron chi connectivity index (χ2n) is 8.15. The third-order valence-corrected chi connectivity index (χ3v) is 7.41. The van der Waals surface area contributed by atoms with Crippen molar-refractivity contribution >= 4 is 21.6 Å². The molecule has 1 amide bonds. The van der Waals surface area contributed by atoms with Gasteiger partial charge in [-0.05, 0) is 42.5 Å². The molecule has 0 saturated carbocycles. The largest absolute Gasteiger partial charge is 0.491 e. The minimum Gasteiger partial charge on any atom is -0.491 e. The molecule has 2 heterocycles. The highest BCUT2D eigenvalue weighted by Crippen LogP contribution is 2.22. The van der Waals surface area contributed by atoms with Gasteiger partial charge in [-0.1, -0.05) is 6.07 Å². The molecule has 1 aromatic heterocycles. The van der Waals surface area contributed by atoms with E-state index < -0.39 is 16.1 Å². The number of aromatic nitrogens is 2. The molecule has 35 heavy (non-hydrogen) atoms. The number of ether oxygens (including phenoxy) is 1. The Bertz CT molecular complexity index is 1230. The van der Waals surface area contributed by atoms with Crippen molar-refractivity contribution in [3.8, 4) is 17.2 Å². The summed E-state index contributed by atoms with van der Waals surface area (Å²) in [5.74, 6) is 0.731. The number of nitrogens with zero attached hydrogens (tertiary/aromatic N) is 4. The van der Waals surface area contributed by atoms with Crippen molar-refractivity contribution in [2.75, 3.05) is 44.6 Å². The number of amides is 1. The molecule has 1 aliphatic heterocycles. The van der Waals surface area contributed by atoms with Crippen molar-refractivity contribution in [2.24, 2.45) is 0 Å². The number of nitrogens with one attached hydrogen (secondary N) is 1. The fourth-order valence-corrected chi connectivity index (χ4v) is 5.20. The van der Waals surface area contributed by atoms with E-state index in [2.05, 4.69) is 15.5 Å². The van der Waals surface area contributed by atoms with E-state index in [1.807, 2.05) is 11.0 Å². The van der Waals surface area contributed by atoms with Gasteiger partial charge in [0.05, 0.1) is 4.90 Å². The van der Waals surface area contributed by atoms with Crippen molar-refractivity contribution in [2.45, 2.75) is 17.9 Å². The summed E-state index contributed by atoms with van der Waals surface area (Å²) < 4.78 is 38.2. The SMILES string of the molecule is CC(=O)Nc1ccc(S(=O)(=O)N2CCN(CC(O)COc3cccc(-c4nnco4)c3)CC2)cc1. The first-order valence-corrected chi connectivity index (χ1v) is 12.5. The van der Waals surface area contributed by atoms with Crippen LogP contribution in [0.3, 0.4) is 0 Å². The number of sulfonamides is 1. The van der Waals surface area contributed by atoms with Crippen molar-refractivity contribution in [3.05, 3.63) is 54.9 Å². The fraction of sp³-hybridized carbons (Fsp3) is 0.348. The summed E-state index contributed by atoms with van der Waals surface area (Å²) in [6.07, 6.45) is 0.508. The first-order valence-electron chi connectivity index (χ1n) is 11.1. The molecule has 2 aromatic carbocycles. The van der Waals surface area contributed by atoms with Gasteiger partial charge in [0, 0.05) is 50.9 Å². The third-order valence-electron chi connectivity index (χ3n) is 5.50. The van der Waals surface area contributed by atoms with E-state index in [1.165, 1.54) is 29.8 Å². The quantitative estimate of drug-likeness (QED) is 0.446. The Morgan fingerprint density at radius 1 is 1.17 bits per heavy atom. The number of β-amino-alcohol motifs (C(OH)–C–C–N with tert-alkyl or cyclic N) is 1. The van der Waals surface area contributed by atoms with Crippen LogP contribution in [0.15, 0.2) is 64.2 Å². The van der Waals surface area contributed by atoms with Crippen molar-refractivity contribution in [1.29, 1.82) is 0 Å². The number of rotatable bonds is 9. The average molecular weight is 502 g/mol. The number of carbonyl (C=O) groups is 1. The smallest absolute Gasteiger partial charge is 0.247 e. The summed E-state index contributed by atoms with van der Waals surface area (Å²) in [5.41, 5.74) is 1.26. The summed E-state index contributed by atoms with van der Waals surface area (Å²) in [4.78, 5) is 13.3. The van der Waals surface area contributed by atoms with Gasteiger partial charge in [0.2, 0.25) is 28.2 Å². The topological polar surface area (TPSA) is 138 Å². The molecule has 0 aliphatic carbocycles. The molecular weight excluding hydrogens is 474 g/mol. The second kappa shape index (κ2) is 11.0. The maximum atomic E-state index is 13.0. The van der Waals surface area contributed by atoms with Gasteiger partial charge in [-0.15, -0.1) is 10.2 Å². The lowest BCUT2D eigenvalue weighted by molar-refractivity contribution is -0.114. The molecule has 3 aromatic rings. The average Bonchev–Trinajstić information content (AvgIpc) is 3.39. The number of hydrogen-bond donors (Lipinski definition) is 2. The molecule has 0 spiro atoms. The van der Waals surface area contributed by atoms with Gasteiger partial charge in [0.15, 0.2) is 0 Å². The normalized spacial score (nSPS) is 16.1. The van der Waals surface area contributed by atoms with Crippen molar-refractivity contribution < 1.29 is 27.5 Å². The van der Waals surface area contributed by atoms with Crippen molar-refractivity contribution in [3.63, 3.8) is 0 Å². The van der Waals surface area contributed by atoms with E-state index in [9.17, 15) is 18.3 Å². The molecule has 0 radical (unpaired) electrons. The molecule has 1 unspecified atom stereocenters. The molecule has 4 rings (SSSR count). The van der Waals surface area contributed by atoms with Crippen LogP contribution in [-0.2, 0) is 14.8 Å². The molecular formula is C23H27N5O6S. The lowest BCUT2D eigenvalue weighted by atomic mass is 10.2. The summed E-state index contributed by atoms with van der Waals surface area (Å²) in [5, 5.41) is 20.6. The molecule has 1 fully saturated rings. The number of anilines is 1. The van der Waals surface area contributed by atoms with Crippen LogP contribution in [0.1, 0.15) is 6.92 Å². The van der Waals surface area contributed by atoms with Crippen LogP contribution in [-0.4, -0.2) is 84.3 Å². The summed E-state index contributed by atoms with van der Waals surface area (Å²) in [6.45, 7) is 3.46. The lowest BCUT2D eigenvalue weighted by Gasteiger charge is -2.34. The minimum atomic E-state index is -3.64. The highest BCUT2D eigenvalue weighted by molar-refractivity contribution is 7.89. The Kier molecular flexibility index (Phi) is 7.76. The fourth-order valence-electron chi connectivity index (χ4n) is 3.78. The summed E-state index contributed by atoms with van der Waals surface area (Å²) in [7, 11) is -3.64. The Morgan fingerprint density at radius 3 is 2.57 bits per heavy atom. The van der Waals surface area contributed by atoms with Crippen LogP contribution in [0.25, 0.3) is 11.5 Å². The van der Waals surface area contributed by atoms with Gasteiger partial charge in [0.25, 0.3) is 0 Å². The molecule has 1 aliphatic rings. The molecule has 186 valence electrons. The first kappa shape index (κ1) is 24.8. The molecule has 1 atom stereocenters. The highest BCUT2D eigenvalue weighted by atomic mass is 32.2. The van der Waals surface area contributed by atoms with E-state index in [1.54, 1.807) is 30.3 Å². The zero-order chi connectivity index (χ0) is 24.8. The Hall–Kier alpha value is -3.32. The van der Waals surface area contributed by atoms with Gasteiger partial charge in [-0.2, -0.15) is 4.31 Å². The van der Waals surface area contributed by atoms with Crippen LogP contribution in [0, 0.1) is 0 Å².